The van der Waals surface area contributed by atoms with Crippen LogP contribution in [0.15, 0.2) is 58.0 Å². The van der Waals surface area contributed by atoms with Crippen LogP contribution in [0.3, 0.4) is 0 Å². The third kappa shape index (κ3) is 5.44. The van der Waals surface area contributed by atoms with E-state index in [-0.39, 0.29) is 17.2 Å². The summed E-state index contributed by atoms with van der Waals surface area (Å²) in [6.07, 6.45) is 2.16. The lowest BCUT2D eigenvalue weighted by Crippen LogP contribution is -2.30. The Balaban J connectivity index is 1.66. The Morgan fingerprint density at radius 1 is 1.06 bits per heavy atom. The Morgan fingerprint density at radius 3 is 2.41 bits per heavy atom. The number of nitrogens with zero attached hydrogens (tertiary/aromatic N) is 2. The average Bonchev–Trinajstić information content (AvgIpc) is 3.24. The van der Waals surface area contributed by atoms with E-state index in [1.165, 1.54) is 10.4 Å². The number of benzene rings is 2. The van der Waals surface area contributed by atoms with Gasteiger partial charge in [-0.05, 0) is 31.5 Å². The summed E-state index contributed by atoms with van der Waals surface area (Å²) in [5, 5.41) is 2.82. The predicted octanol–water partition coefficient (Wildman–Crippen LogP) is 4.56. The van der Waals surface area contributed by atoms with Crippen LogP contribution >= 0.6 is 0 Å². The number of nitrogens with one attached hydrogen (secondary N) is 1. The highest BCUT2D eigenvalue weighted by atomic mass is 32.2. The molecule has 8 heteroatoms. The molecule has 0 aliphatic carbocycles. The molecule has 1 N–H and O–H groups in total. The van der Waals surface area contributed by atoms with Crippen molar-refractivity contribution in [3.05, 3.63) is 65.7 Å². The van der Waals surface area contributed by atoms with E-state index in [1.54, 1.807) is 32.2 Å². The summed E-state index contributed by atoms with van der Waals surface area (Å²) < 4.78 is 32.7. The van der Waals surface area contributed by atoms with Crippen molar-refractivity contribution in [2.75, 3.05) is 18.4 Å². The lowest BCUT2D eigenvalue weighted by atomic mass is 10.1. The van der Waals surface area contributed by atoms with Gasteiger partial charge in [-0.1, -0.05) is 49.7 Å². The first-order chi connectivity index (χ1) is 15.2. The van der Waals surface area contributed by atoms with Crippen molar-refractivity contribution < 1.29 is 17.6 Å². The fourth-order valence-corrected chi connectivity index (χ4v) is 4.80. The minimum Gasteiger partial charge on any atom is -0.441 e. The van der Waals surface area contributed by atoms with Gasteiger partial charge in [0.1, 0.15) is 0 Å². The zero-order valence-corrected chi connectivity index (χ0v) is 19.7. The third-order valence-electron chi connectivity index (χ3n) is 5.28. The summed E-state index contributed by atoms with van der Waals surface area (Å²) in [4.78, 5) is 16.9. The van der Waals surface area contributed by atoms with Crippen LogP contribution in [0, 0.1) is 13.8 Å². The number of aryl methyl sites for hydroxylation is 3. The fourth-order valence-electron chi connectivity index (χ4n) is 3.32. The first-order valence-electron chi connectivity index (χ1n) is 10.7. The number of sulfonamides is 1. The molecule has 0 aliphatic rings. The van der Waals surface area contributed by atoms with Crippen molar-refractivity contribution in [1.82, 2.24) is 9.29 Å². The molecule has 32 heavy (non-hydrogen) atoms. The van der Waals surface area contributed by atoms with Crippen LogP contribution in [-0.4, -0.2) is 36.7 Å². The van der Waals surface area contributed by atoms with Gasteiger partial charge in [0.2, 0.25) is 15.9 Å². The molecule has 1 heterocycles. The molecular weight excluding hydrogens is 426 g/mol. The Bertz CT molecular complexity index is 1180. The molecule has 0 unspecified atom stereocenters. The number of hydrogen-bond donors (Lipinski definition) is 1. The Labute approximate surface area is 189 Å². The van der Waals surface area contributed by atoms with E-state index >= 15 is 0 Å². The predicted molar refractivity (Wildman–Crippen MR) is 125 cm³/mol. The van der Waals surface area contributed by atoms with Crippen molar-refractivity contribution in [3.63, 3.8) is 0 Å². The van der Waals surface area contributed by atoms with Crippen LogP contribution < -0.4 is 5.32 Å². The van der Waals surface area contributed by atoms with Gasteiger partial charge in [0, 0.05) is 37.2 Å². The van der Waals surface area contributed by atoms with Crippen molar-refractivity contribution >= 4 is 21.6 Å². The number of amides is 1. The van der Waals surface area contributed by atoms with Gasteiger partial charge in [0.25, 0.3) is 0 Å². The molecule has 0 spiro atoms. The van der Waals surface area contributed by atoms with Crippen LogP contribution in [0.2, 0.25) is 0 Å². The van der Waals surface area contributed by atoms with Crippen molar-refractivity contribution in [1.29, 1.82) is 0 Å². The molecule has 3 aromatic rings. The summed E-state index contributed by atoms with van der Waals surface area (Å²) in [6, 6.07) is 12.7. The van der Waals surface area contributed by atoms with E-state index < -0.39 is 10.0 Å². The SMILES string of the molecule is CCN(CC)S(=O)(=O)c1ccc(C)c(NC(=O)CCc2ncc(-c3ccc(C)cc3)o2)c1. The maximum atomic E-state index is 12.8. The first-order valence-corrected chi connectivity index (χ1v) is 12.1. The van der Waals surface area contributed by atoms with Gasteiger partial charge in [-0.2, -0.15) is 4.31 Å². The number of hydrogen-bond acceptors (Lipinski definition) is 5. The summed E-state index contributed by atoms with van der Waals surface area (Å²) in [5.41, 5.74) is 3.36. The Hall–Kier alpha value is -2.97. The summed E-state index contributed by atoms with van der Waals surface area (Å²) in [6.45, 7) is 8.20. The zero-order valence-electron chi connectivity index (χ0n) is 18.9. The largest absolute Gasteiger partial charge is 0.441 e. The molecule has 1 aromatic heterocycles. The quantitative estimate of drug-likeness (QED) is 0.511. The molecule has 170 valence electrons. The van der Waals surface area contributed by atoms with E-state index in [1.807, 2.05) is 38.1 Å². The molecule has 0 radical (unpaired) electrons. The topological polar surface area (TPSA) is 92.5 Å². The van der Waals surface area contributed by atoms with E-state index in [0.717, 1.165) is 16.7 Å². The molecule has 7 nitrogen and oxygen atoms in total. The molecular formula is C24H29N3O4S. The van der Waals surface area contributed by atoms with Crippen molar-refractivity contribution in [2.45, 2.75) is 45.4 Å². The monoisotopic (exact) mass is 455 g/mol. The fraction of sp³-hybridized carbons (Fsp3) is 0.333. The maximum absolute atomic E-state index is 12.8. The first kappa shape index (κ1) is 23.7. The molecule has 2 aromatic carbocycles. The second kappa shape index (κ2) is 10.1. The molecule has 3 rings (SSSR count). The number of oxazole rings is 1. The van der Waals surface area contributed by atoms with Crippen LogP contribution in [0.5, 0.6) is 0 Å². The van der Waals surface area contributed by atoms with Gasteiger partial charge in [-0.3, -0.25) is 4.79 Å². The number of anilines is 1. The highest BCUT2D eigenvalue weighted by Crippen LogP contribution is 2.24. The maximum Gasteiger partial charge on any atom is 0.243 e. The number of carbonyl (C=O) groups excluding carboxylic acids is 1. The minimum atomic E-state index is -3.60. The molecule has 0 atom stereocenters. The molecule has 1 amide bonds. The van der Waals surface area contributed by atoms with Crippen LogP contribution in [-0.2, 0) is 21.2 Å². The smallest absolute Gasteiger partial charge is 0.243 e. The average molecular weight is 456 g/mol. The highest BCUT2D eigenvalue weighted by Gasteiger charge is 2.22. The number of carbonyl (C=O) groups is 1. The summed E-state index contributed by atoms with van der Waals surface area (Å²) in [5.74, 6) is 0.899. The van der Waals surface area contributed by atoms with E-state index in [4.69, 9.17) is 4.42 Å². The Morgan fingerprint density at radius 2 is 1.75 bits per heavy atom. The summed E-state index contributed by atoms with van der Waals surface area (Å²) in [7, 11) is -3.60. The minimum absolute atomic E-state index is 0.164. The lowest BCUT2D eigenvalue weighted by molar-refractivity contribution is -0.116. The zero-order chi connectivity index (χ0) is 23.3. The second-order valence-electron chi connectivity index (χ2n) is 7.60. The van der Waals surface area contributed by atoms with Gasteiger partial charge in [-0.25, -0.2) is 13.4 Å². The second-order valence-corrected chi connectivity index (χ2v) is 9.54. The number of rotatable bonds is 9. The molecule has 0 bridgehead atoms. The van der Waals surface area contributed by atoms with Gasteiger partial charge in [-0.15, -0.1) is 0 Å². The van der Waals surface area contributed by atoms with Crippen LogP contribution in [0.25, 0.3) is 11.3 Å². The normalized spacial score (nSPS) is 11.7. The van der Waals surface area contributed by atoms with Gasteiger partial charge >= 0.3 is 0 Å². The van der Waals surface area contributed by atoms with Crippen LogP contribution in [0.4, 0.5) is 5.69 Å². The molecule has 0 saturated heterocycles. The summed E-state index contributed by atoms with van der Waals surface area (Å²) >= 11 is 0. The number of aromatic nitrogens is 1. The van der Waals surface area contributed by atoms with Crippen LogP contribution in [0.1, 0.15) is 37.3 Å². The molecule has 0 saturated carbocycles. The van der Waals surface area contributed by atoms with Gasteiger partial charge in [0.15, 0.2) is 11.7 Å². The molecule has 0 aliphatic heterocycles. The lowest BCUT2D eigenvalue weighted by Gasteiger charge is -2.19. The van der Waals surface area contributed by atoms with Crippen molar-refractivity contribution in [3.8, 4) is 11.3 Å². The van der Waals surface area contributed by atoms with Gasteiger partial charge < -0.3 is 9.73 Å². The third-order valence-corrected chi connectivity index (χ3v) is 7.33. The molecule has 0 fully saturated rings. The van der Waals surface area contributed by atoms with E-state index in [0.29, 0.717) is 36.8 Å². The van der Waals surface area contributed by atoms with E-state index in [2.05, 4.69) is 10.3 Å². The van der Waals surface area contributed by atoms with Gasteiger partial charge in [0.05, 0.1) is 11.1 Å². The van der Waals surface area contributed by atoms with Crippen molar-refractivity contribution in [2.24, 2.45) is 0 Å². The highest BCUT2D eigenvalue weighted by molar-refractivity contribution is 7.89. The van der Waals surface area contributed by atoms with E-state index in [9.17, 15) is 13.2 Å². The Kier molecular flexibility index (Phi) is 7.48. The standard InChI is InChI=1S/C24H29N3O4S/c1-5-27(6-2)32(29,30)20-12-9-18(4)21(15-20)26-23(28)13-14-24-25-16-22(31-24)19-10-7-17(3)8-11-19/h7-12,15-16H,5-6,13-14H2,1-4H3,(H,26,28).